The summed E-state index contributed by atoms with van der Waals surface area (Å²) in [4.78, 5) is 26.9. The van der Waals surface area contributed by atoms with E-state index in [1.807, 2.05) is 29.3 Å². The summed E-state index contributed by atoms with van der Waals surface area (Å²) < 4.78 is 14.9. The van der Waals surface area contributed by atoms with E-state index in [9.17, 15) is 9.18 Å². The first-order valence-corrected chi connectivity index (χ1v) is 12.8. The van der Waals surface area contributed by atoms with Crippen LogP contribution in [0.4, 0.5) is 4.39 Å². The second-order valence-corrected chi connectivity index (χ2v) is 10.4. The van der Waals surface area contributed by atoms with Crippen LogP contribution in [0.25, 0.3) is 22.0 Å². The largest absolute Gasteiger partial charge is 0.302 e. The van der Waals surface area contributed by atoms with E-state index in [4.69, 9.17) is 0 Å². The molecule has 1 saturated heterocycles. The fourth-order valence-electron chi connectivity index (χ4n) is 5.47. The minimum Gasteiger partial charge on any atom is -0.302 e. The Bertz CT molecular complexity index is 1190. The number of fused-ring (bicyclic) bond motifs is 2. The van der Waals surface area contributed by atoms with Crippen LogP contribution in [0.5, 0.6) is 0 Å². The molecule has 186 valence electrons. The van der Waals surface area contributed by atoms with E-state index in [-0.39, 0.29) is 12.6 Å². The molecule has 0 bridgehead atoms. The maximum absolute atomic E-state index is 13.1. The van der Waals surface area contributed by atoms with Gasteiger partial charge >= 0.3 is 0 Å². The number of alkyl halides is 1. The molecule has 2 aliphatic rings. The van der Waals surface area contributed by atoms with Crippen LogP contribution in [0.1, 0.15) is 38.1 Å². The van der Waals surface area contributed by atoms with Crippen LogP contribution in [0.3, 0.4) is 0 Å². The molecule has 1 atom stereocenters. The Labute approximate surface area is 206 Å². The van der Waals surface area contributed by atoms with Gasteiger partial charge in [0.2, 0.25) is 0 Å². The summed E-state index contributed by atoms with van der Waals surface area (Å²) in [6.45, 7) is 9.81. The lowest BCUT2D eigenvalue weighted by Gasteiger charge is -2.33. The number of carbonyl (C=O) groups is 1. The van der Waals surface area contributed by atoms with E-state index in [0.29, 0.717) is 31.2 Å². The number of likely N-dealkylation sites (tertiary alicyclic amines) is 1. The summed E-state index contributed by atoms with van der Waals surface area (Å²) in [5, 5.41) is 6.51. The van der Waals surface area contributed by atoms with Gasteiger partial charge in [-0.05, 0) is 42.8 Å². The van der Waals surface area contributed by atoms with Gasteiger partial charge in [0.1, 0.15) is 12.5 Å². The Hall–Kier alpha value is -2.71. The van der Waals surface area contributed by atoms with Crippen LogP contribution < -0.4 is 0 Å². The average molecular weight is 479 g/mol. The number of ketones is 1. The molecule has 1 unspecified atom stereocenters. The highest BCUT2D eigenvalue weighted by atomic mass is 19.1. The molecule has 0 amide bonds. The molecular weight excluding hydrogens is 443 g/mol. The van der Waals surface area contributed by atoms with Crippen LogP contribution in [0, 0.1) is 11.8 Å². The Morgan fingerprint density at radius 2 is 1.94 bits per heavy atom. The Morgan fingerprint density at radius 1 is 1.09 bits per heavy atom. The van der Waals surface area contributed by atoms with E-state index >= 15 is 0 Å². The van der Waals surface area contributed by atoms with Crippen molar-refractivity contribution < 1.29 is 9.18 Å². The van der Waals surface area contributed by atoms with Gasteiger partial charge in [-0.2, -0.15) is 5.10 Å². The summed E-state index contributed by atoms with van der Waals surface area (Å²) in [5.41, 5.74) is 3.72. The minimum absolute atomic E-state index is 0.0965. The quantitative estimate of drug-likeness (QED) is 0.491. The van der Waals surface area contributed by atoms with E-state index in [2.05, 4.69) is 44.8 Å². The van der Waals surface area contributed by atoms with Gasteiger partial charge in [-0.15, -0.1) is 0 Å². The zero-order valence-corrected chi connectivity index (χ0v) is 20.8. The van der Waals surface area contributed by atoms with Crippen molar-refractivity contribution in [3.8, 4) is 11.3 Å². The van der Waals surface area contributed by atoms with Gasteiger partial charge < -0.3 is 4.90 Å². The number of pyridine rings is 2. The molecule has 0 saturated carbocycles. The van der Waals surface area contributed by atoms with Gasteiger partial charge in [-0.3, -0.25) is 24.3 Å². The van der Waals surface area contributed by atoms with E-state index < -0.39 is 0 Å². The van der Waals surface area contributed by atoms with Gasteiger partial charge in [0, 0.05) is 74.1 Å². The van der Waals surface area contributed by atoms with Crippen LogP contribution in [0.2, 0.25) is 0 Å². The first kappa shape index (κ1) is 24.0. The number of hydrogen-bond donors (Lipinski definition) is 0. The molecule has 0 radical (unpaired) electrons. The summed E-state index contributed by atoms with van der Waals surface area (Å²) in [7, 11) is 0. The standard InChI is InChI=1S/C27H35FN6O/c1-19(2)16-33-6-3-4-20(17-33)27(35)12-23-10-21-11-25(30-14-22(21)13-29-23)24-15-31-34-9-8-32(7-5-28)18-26(24)34/h10-11,13-15,19-20H,3-9,12,16-18H2,1-2H3. The van der Waals surface area contributed by atoms with Crippen molar-refractivity contribution in [3.63, 3.8) is 0 Å². The predicted molar refractivity (Wildman–Crippen MR) is 135 cm³/mol. The van der Waals surface area contributed by atoms with Crippen LogP contribution in [-0.4, -0.2) is 74.7 Å². The normalized spacial score (nSPS) is 19.4. The SMILES string of the molecule is CC(C)CN1CCCC(C(=O)Cc2cc3cc(-c4cnn5c4CN(CCF)CC5)ncc3cn2)C1. The highest BCUT2D eigenvalue weighted by Crippen LogP contribution is 2.28. The van der Waals surface area contributed by atoms with E-state index in [1.54, 1.807) is 0 Å². The lowest BCUT2D eigenvalue weighted by molar-refractivity contribution is -0.124. The number of halogens is 1. The molecular formula is C27H35FN6O. The molecule has 0 N–H and O–H groups in total. The van der Waals surface area contributed by atoms with Crippen molar-refractivity contribution in [1.29, 1.82) is 0 Å². The zero-order chi connectivity index (χ0) is 24.4. The number of Topliss-reactive ketones (excluding diaryl/α,β-unsaturated/α-hetero) is 1. The van der Waals surface area contributed by atoms with Crippen LogP contribution >= 0.6 is 0 Å². The molecule has 0 spiro atoms. The fourth-order valence-corrected chi connectivity index (χ4v) is 5.47. The monoisotopic (exact) mass is 478 g/mol. The molecule has 35 heavy (non-hydrogen) atoms. The van der Waals surface area contributed by atoms with Crippen molar-refractivity contribution >= 4 is 16.6 Å². The van der Waals surface area contributed by atoms with Crippen LogP contribution in [-0.2, 0) is 24.3 Å². The van der Waals surface area contributed by atoms with Gasteiger partial charge in [0.05, 0.1) is 24.1 Å². The first-order valence-electron chi connectivity index (χ1n) is 12.8. The average Bonchev–Trinajstić information content (AvgIpc) is 3.27. The number of nitrogens with zero attached hydrogens (tertiary/aromatic N) is 6. The molecule has 3 aromatic heterocycles. The second-order valence-electron chi connectivity index (χ2n) is 10.4. The number of hydrogen-bond acceptors (Lipinski definition) is 6. The highest BCUT2D eigenvalue weighted by Gasteiger charge is 2.26. The maximum atomic E-state index is 13.1. The third-order valence-corrected chi connectivity index (χ3v) is 7.23. The first-order chi connectivity index (χ1) is 17.0. The second kappa shape index (κ2) is 10.5. The minimum atomic E-state index is -0.344. The van der Waals surface area contributed by atoms with Crippen molar-refractivity contribution in [3.05, 3.63) is 42.1 Å². The van der Waals surface area contributed by atoms with E-state index in [1.165, 1.54) is 0 Å². The molecule has 1 fully saturated rings. The topological polar surface area (TPSA) is 67.2 Å². The Kier molecular flexibility index (Phi) is 7.20. The number of rotatable bonds is 8. The van der Waals surface area contributed by atoms with E-state index in [0.717, 1.165) is 79.0 Å². The van der Waals surface area contributed by atoms with Crippen molar-refractivity contribution in [2.45, 2.75) is 46.2 Å². The number of carbonyl (C=O) groups excluding carboxylic acids is 1. The lowest BCUT2D eigenvalue weighted by atomic mass is 9.91. The summed E-state index contributed by atoms with van der Waals surface area (Å²) >= 11 is 0. The Balaban J connectivity index is 1.33. The third kappa shape index (κ3) is 5.43. The summed E-state index contributed by atoms with van der Waals surface area (Å²) in [6, 6.07) is 4.08. The van der Waals surface area contributed by atoms with Gasteiger partial charge in [0.15, 0.2) is 0 Å². The third-order valence-electron chi connectivity index (χ3n) is 7.23. The molecule has 2 aliphatic heterocycles. The van der Waals surface area contributed by atoms with Crippen molar-refractivity contribution in [2.75, 3.05) is 39.4 Å². The summed E-state index contributed by atoms with van der Waals surface area (Å²) in [6.07, 6.45) is 7.94. The lowest BCUT2D eigenvalue weighted by Crippen LogP contribution is -2.40. The van der Waals surface area contributed by atoms with Crippen LogP contribution in [0.15, 0.2) is 30.7 Å². The van der Waals surface area contributed by atoms with Gasteiger partial charge in [-0.25, -0.2) is 4.39 Å². The highest BCUT2D eigenvalue weighted by molar-refractivity contribution is 5.87. The maximum Gasteiger partial charge on any atom is 0.143 e. The van der Waals surface area contributed by atoms with Gasteiger partial charge in [-0.1, -0.05) is 13.8 Å². The number of aromatic nitrogens is 4. The Morgan fingerprint density at radius 3 is 2.77 bits per heavy atom. The molecule has 0 aromatic carbocycles. The van der Waals surface area contributed by atoms with Crippen molar-refractivity contribution in [2.24, 2.45) is 11.8 Å². The smallest absolute Gasteiger partial charge is 0.143 e. The zero-order valence-electron chi connectivity index (χ0n) is 20.8. The number of piperidine rings is 1. The van der Waals surface area contributed by atoms with Crippen molar-refractivity contribution in [1.82, 2.24) is 29.5 Å². The molecule has 5 rings (SSSR count). The fraction of sp³-hybridized carbons (Fsp3) is 0.556. The molecule has 8 heteroatoms. The molecule has 3 aromatic rings. The summed E-state index contributed by atoms with van der Waals surface area (Å²) in [5.74, 6) is 1.000. The predicted octanol–water partition coefficient (Wildman–Crippen LogP) is 3.76. The van der Waals surface area contributed by atoms with Gasteiger partial charge in [0.25, 0.3) is 0 Å². The molecule has 0 aliphatic carbocycles. The molecule has 5 heterocycles. The molecule has 7 nitrogen and oxygen atoms in total.